The summed E-state index contributed by atoms with van der Waals surface area (Å²) in [7, 11) is 0. The largest absolute Gasteiger partial charge is 0.127 e. The third kappa shape index (κ3) is 2.77. The van der Waals surface area contributed by atoms with Gasteiger partial charge in [0.25, 0.3) is 0 Å². The van der Waals surface area contributed by atoms with Gasteiger partial charge in [0.2, 0.25) is 0 Å². The maximum Gasteiger partial charge on any atom is 0.0626 e. The molecule has 1 aromatic carbocycles. The van der Waals surface area contributed by atoms with Crippen LogP contribution in [0.25, 0.3) is 0 Å². The molecule has 0 aliphatic heterocycles. The molecule has 0 radical (unpaired) electrons. The van der Waals surface area contributed by atoms with Gasteiger partial charge >= 0.3 is 0 Å². The fourth-order valence-electron chi connectivity index (χ4n) is 1.22. The number of benzene rings is 1. The average molecular weight is 238 g/mol. The van der Waals surface area contributed by atoms with Crippen molar-refractivity contribution in [1.82, 2.24) is 0 Å². The monoisotopic (exact) mass is 236 g/mol. The molecule has 0 aliphatic rings. The topological polar surface area (TPSA) is 0 Å². The van der Waals surface area contributed by atoms with Gasteiger partial charge in [-0.2, -0.15) is 0 Å². The first kappa shape index (κ1) is 11.2. The van der Waals surface area contributed by atoms with Gasteiger partial charge < -0.3 is 0 Å². The van der Waals surface area contributed by atoms with Crippen molar-refractivity contribution < 1.29 is 0 Å². The summed E-state index contributed by atoms with van der Waals surface area (Å²) in [6.07, 6.45) is 0.918. The number of rotatable bonds is 3. The Labute approximate surface area is 93.8 Å². The third-order valence-corrected chi connectivity index (χ3v) is 3.11. The molecule has 0 nitrogen and oxygen atoms in total. The molecule has 0 saturated carbocycles. The highest BCUT2D eigenvalue weighted by molar-refractivity contribution is 6.42. The van der Waals surface area contributed by atoms with E-state index in [-0.39, 0.29) is 0 Å². The summed E-state index contributed by atoms with van der Waals surface area (Å²) < 4.78 is 0. The van der Waals surface area contributed by atoms with Crippen molar-refractivity contribution in [3.05, 3.63) is 33.8 Å². The lowest BCUT2D eigenvalue weighted by molar-refractivity contribution is 0.738. The van der Waals surface area contributed by atoms with E-state index < -0.39 is 0 Å². The van der Waals surface area contributed by atoms with Crippen LogP contribution in [0, 0.1) is 0 Å². The number of hydrogen-bond donors (Lipinski definition) is 0. The van der Waals surface area contributed by atoms with Crippen LogP contribution in [0.3, 0.4) is 0 Å². The van der Waals surface area contributed by atoms with E-state index in [0.29, 0.717) is 21.8 Å². The summed E-state index contributed by atoms with van der Waals surface area (Å²) in [4.78, 5) is 0. The minimum Gasteiger partial charge on any atom is -0.127 e. The molecule has 72 valence electrons. The minimum absolute atomic E-state index is 0.365. The molecule has 0 spiro atoms. The second-order valence-electron chi connectivity index (χ2n) is 3.02. The number of alkyl halides is 1. The molecule has 13 heavy (non-hydrogen) atoms. The zero-order valence-electron chi connectivity index (χ0n) is 7.36. The first-order valence-corrected chi connectivity index (χ1v) is 5.45. The van der Waals surface area contributed by atoms with Gasteiger partial charge in [0.1, 0.15) is 0 Å². The Bertz CT molecular complexity index is 283. The van der Waals surface area contributed by atoms with E-state index in [1.165, 1.54) is 0 Å². The predicted molar refractivity (Wildman–Crippen MR) is 60.2 cm³/mol. The fraction of sp³-hybridized carbons (Fsp3) is 0.400. The van der Waals surface area contributed by atoms with Gasteiger partial charge in [-0.15, -0.1) is 11.6 Å². The number of hydrogen-bond acceptors (Lipinski definition) is 0. The third-order valence-electron chi connectivity index (χ3n) is 2.05. The van der Waals surface area contributed by atoms with Crippen molar-refractivity contribution in [3.63, 3.8) is 0 Å². The molecule has 0 amide bonds. The smallest absolute Gasteiger partial charge is 0.0626 e. The molecule has 1 unspecified atom stereocenters. The van der Waals surface area contributed by atoms with Gasteiger partial charge in [0.15, 0.2) is 0 Å². The Kier molecular flexibility index (Phi) is 4.37. The van der Waals surface area contributed by atoms with E-state index in [1.807, 2.05) is 12.1 Å². The lowest BCUT2D eigenvalue weighted by Gasteiger charge is -2.12. The van der Waals surface area contributed by atoms with Gasteiger partial charge in [-0.25, -0.2) is 0 Å². The second-order valence-corrected chi connectivity index (χ2v) is 4.18. The highest BCUT2D eigenvalue weighted by Gasteiger charge is 2.10. The van der Waals surface area contributed by atoms with Crippen LogP contribution in [-0.4, -0.2) is 5.88 Å². The van der Waals surface area contributed by atoms with Crippen LogP contribution in [-0.2, 0) is 0 Å². The van der Waals surface area contributed by atoms with E-state index in [2.05, 4.69) is 6.92 Å². The maximum atomic E-state index is 6.05. The molecule has 3 heteroatoms. The molecule has 0 aliphatic carbocycles. The molecule has 0 heterocycles. The molecule has 0 aromatic heterocycles. The van der Waals surface area contributed by atoms with Gasteiger partial charge in [-0.1, -0.05) is 42.3 Å². The fourth-order valence-corrected chi connectivity index (χ4v) is 2.04. The van der Waals surface area contributed by atoms with Gasteiger partial charge in [-0.05, 0) is 24.0 Å². The summed E-state index contributed by atoms with van der Waals surface area (Å²) in [5.41, 5.74) is 1.08. The van der Waals surface area contributed by atoms with Crippen molar-refractivity contribution in [1.29, 1.82) is 0 Å². The predicted octanol–water partition coefficient (Wildman–Crippen LogP) is 4.73. The normalized spacial score (nSPS) is 12.9. The molecule has 1 rings (SSSR count). The van der Waals surface area contributed by atoms with E-state index in [9.17, 15) is 0 Å². The first-order valence-electron chi connectivity index (χ1n) is 4.16. The van der Waals surface area contributed by atoms with Crippen molar-refractivity contribution >= 4 is 34.8 Å². The van der Waals surface area contributed by atoms with Gasteiger partial charge in [0.05, 0.1) is 10.0 Å². The highest BCUT2D eigenvalue weighted by atomic mass is 35.5. The second kappa shape index (κ2) is 5.09. The average Bonchev–Trinajstić information content (AvgIpc) is 2.10. The molecular formula is C10H11Cl3. The molecular weight excluding hydrogens is 226 g/mol. The molecule has 0 saturated heterocycles. The van der Waals surface area contributed by atoms with Crippen LogP contribution in [0.4, 0.5) is 0 Å². The lowest BCUT2D eigenvalue weighted by Crippen LogP contribution is -1.95. The van der Waals surface area contributed by atoms with Crippen LogP contribution < -0.4 is 0 Å². The summed E-state index contributed by atoms with van der Waals surface area (Å²) in [6.45, 7) is 2.10. The molecule has 0 fully saturated rings. The van der Waals surface area contributed by atoms with Crippen LogP contribution >= 0.6 is 34.8 Å². The number of halogens is 3. The zero-order chi connectivity index (χ0) is 9.84. The van der Waals surface area contributed by atoms with E-state index in [1.54, 1.807) is 6.07 Å². The Morgan fingerprint density at radius 2 is 2.00 bits per heavy atom. The molecule has 1 atom stereocenters. The summed E-state index contributed by atoms with van der Waals surface area (Å²) in [5, 5.41) is 1.27. The Morgan fingerprint density at radius 3 is 2.62 bits per heavy atom. The van der Waals surface area contributed by atoms with Crippen LogP contribution in [0.2, 0.25) is 10.0 Å². The Morgan fingerprint density at radius 1 is 1.31 bits per heavy atom. The minimum atomic E-state index is 0.365. The van der Waals surface area contributed by atoms with E-state index in [4.69, 9.17) is 34.8 Å². The molecule has 1 aromatic rings. The SMILES string of the molecule is CC(CCCl)c1cccc(Cl)c1Cl. The summed E-state index contributed by atoms with van der Waals surface area (Å²) in [6, 6.07) is 5.69. The summed E-state index contributed by atoms with van der Waals surface area (Å²) >= 11 is 17.6. The lowest BCUT2D eigenvalue weighted by atomic mass is 9.99. The van der Waals surface area contributed by atoms with Gasteiger partial charge in [0, 0.05) is 5.88 Å². The van der Waals surface area contributed by atoms with Crippen LogP contribution in [0.15, 0.2) is 18.2 Å². The quantitative estimate of drug-likeness (QED) is 0.667. The zero-order valence-corrected chi connectivity index (χ0v) is 9.63. The van der Waals surface area contributed by atoms with E-state index >= 15 is 0 Å². The van der Waals surface area contributed by atoms with Crippen molar-refractivity contribution in [2.75, 3.05) is 5.88 Å². The molecule has 0 N–H and O–H groups in total. The summed E-state index contributed by atoms with van der Waals surface area (Å²) in [5.74, 6) is 1.01. The Balaban J connectivity index is 2.93. The van der Waals surface area contributed by atoms with Crippen LogP contribution in [0.5, 0.6) is 0 Å². The molecule has 0 bridgehead atoms. The highest BCUT2D eigenvalue weighted by Crippen LogP contribution is 2.32. The van der Waals surface area contributed by atoms with Gasteiger partial charge in [-0.3, -0.25) is 0 Å². The van der Waals surface area contributed by atoms with E-state index in [0.717, 1.165) is 12.0 Å². The van der Waals surface area contributed by atoms with Crippen molar-refractivity contribution in [2.45, 2.75) is 19.3 Å². The Hall–Kier alpha value is 0.0900. The van der Waals surface area contributed by atoms with Crippen molar-refractivity contribution in [3.8, 4) is 0 Å². The maximum absolute atomic E-state index is 6.05. The standard InChI is InChI=1S/C10H11Cl3/c1-7(5-6-11)8-3-2-4-9(12)10(8)13/h2-4,7H,5-6H2,1H3. The van der Waals surface area contributed by atoms with Crippen LogP contribution in [0.1, 0.15) is 24.8 Å². The van der Waals surface area contributed by atoms with Crippen molar-refractivity contribution in [2.24, 2.45) is 0 Å². The first-order chi connectivity index (χ1) is 6.16.